The Balaban J connectivity index is 2.36. The van der Waals surface area contributed by atoms with E-state index < -0.39 is 10.0 Å². The number of carbonyl (C=O) groups is 1. The molecule has 1 unspecified atom stereocenters. The number of hydrogen-bond acceptors (Lipinski definition) is 4. The molecule has 0 saturated carbocycles. The second-order valence-corrected chi connectivity index (χ2v) is 9.26. The van der Waals surface area contributed by atoms with Crippen molar-refractivity contribution >= 4 is 15.9 Å². The molecule has 0 aliphatic carbocycles. The van der Waals surface area contributed by atoms with Crippen molar-refractivity contribution in [1.82, 2.24) is 9.62 Å². The van der Waals surface area contributed by atoms with Crippen LogP contribution in [0.3, 0.4) is 0 Å². The molecule has 0 radical (unpaired) electrons. The van der Waals surface area contributed by atoms with Crippen molar-refractivity contribution in [1.29, 1.82) is 0 Å². The van der Waals surface area contributed by atoms with Crippen LogP contribution in [0, 0.1) is 20.8 Å². The Labute approximate surface area is 167 Å². The van der Waals surface area contributed by atoms with Gasteiger partial charge in [-0.05, 0) is 68.1 Å². The summed E-state index contributed by atoms with van der Waals surface area (Å²) in [5.41, 5.74) is 4.75. The maximum atomic E-state index is 12.8. The zero-order chi connectivity index (χ0) is 21.2. The molecule has 2 aromatic carbocycles. The molecule has 0 aromatic heterocycles. The van der Waals surface area contributed by atoms with E-state index in [1.807, 2.05) is 20.8 Å². The van der Waals surface area contributed by atoms with Crippen molar-refractivity contribution in [3.05, 3.63) is 58.1 Å². The fourth-order valence-electron chi connectivity index (χ4n) is 3.02. The number of amides is 1. The number of nitrogens with zero attached hydrogens (tertiary/aromatic N) is 1. The lowest BCUT2D eigenvalue weighted by molar-refractivity contribution is 0.0939. The van der Waals surface area contributed by atoms with Crippen LogP contribution in [0.1, 0.15) is 45.6 Å². The van der Waals surface area contributed by atoms with E-state index in [1.54, 1.807) is 6.07 Å². The third-order valence-electron chi connectivity index (χ3n) is 4.88. The molecule has 7 heteroatoms. The summed E-state index contributed by atoms with van der Waals surface area (Å²) in [5.74, 6) is -0.147. The van der Waals surface area contributed by atoms with E-state index in [1.165, 1.54) is 38.9 Å². The molecule has 1 atom stereocenters. The molecular weight excluding hydrogens is 376 g/mol. The number of benzene rings is 2. The van der Waals surface area contributed by atoms with Crippen LogP contribution in [0.2, 0.25) is 0 Å². The van der Waals surface area contributed by atoms with Crippen molar-refractivity contribution in [3.63, 3.8) is 0 Å². The Kier molecular flexibility index (Phi) is 6.52. The van der Waals surface area contributed by atoms with E-state index in [0.29, 0.717) is 0 Å². The predicted octanol–water partition coefficient (Wildman–Crippen LogP) is 3.36. The largest absolute Gasteiger partial charge is 0.495 e. The van der Waals surface area contributed by atoms with E-state index in [2.05, 4.69) is 24.4 Å². The molecule has 152 valence electrons. The van der Waals surface area contributed by atoms with Crippen molar-refractivity contribution in [2.24, 2.45) is 0 Å². The second kappa shape index (κ2) is 8.32. The van der Waals surface area contributed by atoms with Gasteiger partial charge in [0.15, 0.2) is 0 Å². The average molecular weight is 405 g/mol. The van der Waals surface area contributed by atoms with Gasteiger partial charge in [0.2, 0.25) is 10.0 Å². The minimum atomic E-state index is -3.75. The topological polar surface area (TPSA) is 75.7 Å². The minimum absolute atomic E-state index is 0.0392. The van der Waals surface area contributed by atoms with Gasteiger partial charge in [-0.1, -0.05) is 12.1 Å². The van der Waals surface area contributed by atoms with Gasteiger partial charge in [-0.2, -0.15) is 0 Å². The van der Waals surface area contributed by atoms with E-state index in [-0.39, 0.29) is 28.2 Å². The average Bonchev–Trinajstić information content (AvgIpc) is 2.63. The van der Waals surface area contributed by atoms with Gasteiger partial charge in [0, 0.05) is 19.7 Å². The fraction of sp³-hybridized carbons (Fsp3) is 0.381. The quantitative estimate of drug-likeness (QED) is 0.801. The highest BCUT2D eigenvalue weighted by Gasteiger charge is 2.24. The van der Waals surface area contributed by atoms with Gasteiger partial charge >= 0.3 is 0 Å². The van der Waals surface area contributed by atoms with Crippen LogP contribution in [0.25, 0.3) is 0 Å². The molecule has 1 N–H and O–H groups in total. The molecule has 0 spiro atoms. The predicted molar refractivity (Wildman–Crippen MR) is 110 cm³/mol. The molecule has 0 aliphatic rings. The first-order valence-electron chi connectivity index (χ1n) is 8.98. The smallest absolute Gasteiger partial charge is 0.251 e. The van der Waals surface area contributed by atoms with Crippen LogP contribution in [-0.2, 0) is 10.0 Å². The first-order valence-corrected chi connectivity index (χ1v) is 10.4. The van der Waals surface area contributed by atoms with Crippen LogP contribution >= 0.6 is 0 Å². The van der Waals surface area contributed by atoms with Crippen molar-refractivity contribution in [3.8, 4) is 5.75 Å². The summed E-state index contributed by atoms with van der Waals surface area (Å²) in [5, 5.41) is 2.96. The number of sulfonamides is 1. The van der Waals surface area contributed by atoms with Gasteiger partial charge in [0.1, 0.15) is 10.6 Å². The lowest BCUT2D eigenvalue weighted by atomic mass is 9.96. The highest BCUT2D eigenvalue weighted by molar-refractivity contribution is 7.89. The standard InChI is InChI=1S/C21H28N2O4S/c1-13-10-15(3)18(11-14(13)2)16(4)22-21(24)17-8-9-19(27-7)20(12-17)28(25,26)23(5)6/h8-12,16H,1-7H3,(H,22,24). The van der Waals surface area contributed by atoms with E-state index >= 15 is 0 Å². The lowest BCUT2D eigenvalue weighted by Crippen LogP contribution is -2.28. The van der Waals surface area contributed by atoms with Crippen molar-refractivity contribution in [2.75, 3.05) is 21.2 Å². The van der Waals surface area contributed by atoms with Crippen molar-refractivity contribution in [2.45, 2.75) is 38.6 Å². The molecule has 0 heterocycles. The Hall–Kier alpha value is -2.38. The van der Waals surface area contributed by atoms with Crippen LogP contribution in [-0.4, -0.2) is 39.8 Å². The molecule has 0 saturated heterocycles. The molecule has 0 aliphatic heterocycles. The number of ether oxygens (including phenoxy) is 1. The summed E-state index contributed by atoms with van der Waals surface area (Å²) in [6, 6.07) is 8.36. The Morgan fingerprint density at radius 1 is 1.04 bits per heavy atom. The Morgan fingerprint density at radius 2 is 1.64 bits per heavy atom. The summed E-state index contributed by atoms with van der Waals surface area (Å²) in [4.78, 5) is 12.7. The normalized spacial score (nSPS) is 12.7. The molecule has 6 nitrogen and oxygen atoms in total. The van der Waals surface area contributed by atoms with Crippen LogP contribution in [0.15, 0.2) is 35.2 Å². The summed E-state index contributed by atoms with van der Waals surface area (Å²) in [7, 11) is 0.525. The number of methoxy groups -OCH3 is 1. The van der Waals surface area contributed by atoms with Gasteiger partial charge in [0.25, 0.3) is 5.91 Å². The zero-order valence-electron chi connectivity index (χ0n) is 17.5. The van der Waals surface area contributed by atoms with E-state index in [0.717, 1.165) is 21.0 Å². The van der Waals surface area contributed by atoms with E-state index in [4.69, 9.17) is 4.74 Å². The third-order valence-corrected chi connectivity index (χ3v) is 6.72. The number of nitrogens with one attached hydrogen (secondary N) is 1. The summed E-state index contributed by atoms with van der Waals surface area (Å²) in [6.07, 6.45) is 0. The van der Waals surface area contributed by atoms with Crippen LogP contribution in [0.5, 0.6) is 5.75 Å². The molecule has 0 bridgehead atoms. The second-order valence-electron chi connectivity index (χ2n) is 7.14. The summed E-state index contributed by atoms with van der Waals surface area (Å²) >= 11 is 0. The maximum absolute atomic E-state index is 12.8. The molecule has 2 rings (SSSR count). The molecule has 28 heavy (non-hydrogen) atoms. The molecule has 0 fully saturated rings. The highest BCUT2D eigenvalue weighted by atomic mass is 32.2. The van der Waals surface area contributed by atoms with Crippen LogP contribution in [0.4, 0.5) is 0 Å². The van der Waals surface area contributed by atoms with Crippen molar-refractivity contribution < 1.29 is 17.9 Å². The summed E-state index contributed by atoms with van der Waals surface area (Å²) < 4.78 is 31.4. The maximum Gasteiger partial charge on any atom is 0.251 e. The number of hydrogen-bond donors (Lipinski definition) is 1. The van der Waals surface area contributed by atoms with Gasteiger partial charge < -0.3 is 10.1 Å². The summed E-state index contributed by atoms with van der Waals surface area (Å²) in [6.45, 7) is 8.02. The lowest BCUT2D eigenvalue weighted by Gasteiger charge is -2.19. The first kappa shape index (κ1) is 21.9. The number of rotatable bonds is 6. The third kappa shape index (κ3) is 4.36. The molecule has 2 aromatic rings. The molecular formula is C21H28N2O4S. The zero-order valence-corrected chi connectivity index (χ0v) is 18.3. The van der Waals surface area contributed by atoms with Gasteiger partial charge in [-0.25, -0.2) is 12.7 Å². The first-order chi connectivity index (χ1) is 13.0. The minimum Gasteiger partial charge on any atom is -0.495 e. The fourth-order valence-corrected chi connectivity index (χ4v) is 4.10. The van der Waals surface area contributed by atoms with Gasteiger partial charge in [0.05, 0.1) is 13.2 Å². The van der Waals surface area contributed by atoms with Gasteiger partial charge in [-0.15, -0.1) is 0 Å². The number of carbonyl (C=O) groups excluding carboxylic acids is 1. The highest BCUT2D eigenvalue weighted by Crippen LogP contribution is 2.27. The Bertz CT molecular complexity index is 998. The van der Waals surface area contributed by atoms with E-state index in [9.17, 15) is 13.2 Å². The Morgan fingerprint density at radius 3 is 2.21 bits per heavy atom. The van der Waals surface area contributed by atoms with Crippen LogP contribution < -0.4 is 10.1 Å². The molecule has 1 amide bonds. The monoisotopic (exact) mass is 404 g/mol. The van der Waals surface area contributed by atoms with Gasteiger partial charge in [-0.3, -0.25) is 4.79 Å². The SMILES string of the molecule is COc1ccc(C(=O)NC(C)c2cc(C)c(C)cc2C)cc1S(=O)(=O)N(C)C. The number of aryl methyl sites for hydroxylation is 3.